The van der Waals surface area contributed by atoms with Gasteiger partial charge in [-0.05, 0) is 43.4 Å². The average Bonchev–Trinajstić information content (AvgIpc) is 2.44. The molecule has 0 spiro atoms. The van der Waals surface area contributed by atoms with Gasteiger partial charge in [0, 0.05) is 18.5 Å². The highest BCUT2D eigenvalue weighted by Crippen LogP contribution is 2.23. The highest BCUT2D eigenvalue weighted by molar-refractivity contribution is 5.78. The third-order valence-corrected chi connectivity index (χ3v) is 3.87. The Balaban J connectivity index is 1.74. The van der Waals surface area contributed by atoms with Crippen LogP contribution in [0.2, 0.25) is 0 Å². The summed E-state index contributed by atoms with van der Waals surface area (Å²) >= 11 is 0. The van der Waals surface area contributed by atoms with Crippen molar-refractivity contribution in [3.63, 3.8) is 0 Å². The molecule has 1 amide bonds. The Bertz CT molecular complexity index is 450. The first-order valence-corrected chi connectivity index (χ1v) is 7.02. The number of nitrogens with two attached hydrogens (primary N) is 1. The molecule has 20 heavy (non-hydrogen) atoms. The van der Waals surface area contributed by atoms with Gasteiger partial charge in [-0.1, -0.05) is 12.1 Å². The van der Waals surface area contributed by atoms with Gasteiger partial charge >= 0.3 is 0 Å². The number of amides is 1. The smallest absolute Gasteiger partial charge is 0.223 e. The lowest BCUT2D eigenvalue weighted by atomic mass is 9.84. The summed E-state index contributed by atoms with van der Waals surface area (Å²) in [6.07, 6.45) is 1.92. The number of nitrogens with one attached hydrogen (secondary N) is 1. The largest absolute Gasteiger partial charge is 0.391 e. The highest BCUT2D eigenvalue weighted by atomic mass is 19.1. The van der Waals surface area contributed by atoms with Crippen molar-refractivity contribution in [2.75, 3.05) is 6.54 Å². The van der Waals surface area contributed by atoms with Crippen LogP contribution in [0.4, 0.5) is 4.39 Å². The monoisotopic (exact) mass is 280 g/mol. The van der Waals surface area contributed by atoms with E-state index < -0.39 is 6.10 Å². The van der Waals surface area contributed by atoms with Gasteiger partial charge in [-0.3, -0.25) is 4.79 Å². The maximum atomic E-state index is 12.7. The fourth-order valence-corrected chi connectivity index (χ4v) is 2.53. The van der Waals surface area contributed by atoms with E-state index >= 15 is 0 Å². The summed E-state index contributed by atoms with van der Waals surface area (Å²) in [6.45, 7) is 0.517. The lowest BCUT2D eigenvalue weighted by Gasteiger charge is -2.29. The van der Waals surface area contributed by atoms with Crippen LogP contribution in [0.15, 0.2) is 24.3 Å². The van der Waals surface area contributed by atoms with Crippen LogP contribution in [0.1, 0.15) is 24.8 Å². The molecule has 1 aromatic rings. The van der Waals surface area contributed by atoms with E-state index in [-0.39, 0.29) is 23.7 Å². The van der Waals surface area contributed by atoms with Crippen molar-refractivity contribution in [1.29, 1.82) is 0 Å². The summed E-state index contributed by atoms with van der Waals surface area (Å²) < 4.78 is 12.7. The first kappa shape index (κ1) is 14.9. The molecule has 0 aromatic heterocycles. The van der Waals surface area contributed by atoms with Gasteiger partial charge < -0.3 is 16.2 Å². The summed E-state index contributed by atoms with van der Waals surface area (Å²) in [5.74, 6) is -0.443. The molecule has 1 aliphatic carbocycles. The fourth-order valence-electron chi connectivity index (χ4n) is 2.53. The molecule has 110 valence electrons. The molecule has 1 aromatic carbocycles. The Morgan fingerprint density at radius 1 is 1.35 bits per heavy atom. The molecule has 0 unspecified atom stereocenters. The first-order chi connectivity index (χ1) is 9.56. The summed E-state index contributed by atoms with van der Waals surface area (Å²) in [5.41, 5.74) is 6.70. The minimum Gasteiger partial charge on any atom is -0.391 e. The highest BCUT2D eigenvalue weighted by Gasteiger charge is 2.30. The summed E-state index contributed by atoms with van der Waals surface area (Å²) in [6, 6.07) is 6.04. The van der Waals surface area contributed by atoms with Crippen molar-refractivity contribution in [2.45, 2.75) is 37.8 Å². The molecular formula is C15H21FN2O2. The minimum absolute atomic E-state index is 0.0296. The molecule has 1 aliphatic rings. The Morgan fingerprint density at radius 2 is 2.05 bits per heavy atom. The lowest BCUT2D eigenvalue weighted by Crippen LogP contribution is -2.44. The number of rotatable bonds is 4. The van der Waals surface area contributed by atoms with E-state index in [0.29, 0.717) is 25.8 Å². The lowest BCUT2D eigenvalue weighted by molar-refractivity contribution is -0.127. The van der Waals surface area contributed by atoms with Gasteiger partial charge in [0.05, 0.1) is 6.10 Å². The minimum atomic E-state index is -0.586. The number of carbonyl (C=O) groups is 1. The van der Waals surface area contributed by atoms with Crippen molar-refractivity contribution < 1.29 is 14.3 Å². The van der Waals surface area contributed by atoms with Crippen molar-refractivity contribution in [2.24, 2.45) is 11.7 Å². The number of benzene rings is 1. The molecule has 4 nitrogen and oxygen atoms in total. The van der Waals surface area contributed by atoms with E-state index in [4.69, 9.17) is 5.73 Å². The zero-order valence-electron chi connectivity index (χ0n) is 11.4. The standard InChI is InChI=1S/C15H21FN2O2/c16-12-4-1-10(2-5-12)7-8-18-15(20)11-3-6-13(17)14(19)9-11/h1-2,4-5,11,13-14,19H,3,6-9,17H2,(H,18,20)/t11-,13-,14-/m0/s1. The number of hydrogen-bond donors (Lipinski definition) is 3. The molecule has 1 saturated carbocycles. The van der Waals surface area contributed by atoms with Crippen LogP contribution in [-0.4, -0.2) is 29.7 Å². The van der Waals surface area contributed by atoms with E-state index in [2.05, 4.69) is 5.32 Å². The van der Waals surface area contributed by atoms with Gasteiger partial charge in [0.15, 0.2) is 0 Å². The van der Waals surface area contributed by atoms with Gasteiger partial charge in [0.25, 0.3) is 0 Å². The number of aliphatic hydroxyl groups excluding tert-OH is 1. The van der Waals surface area contributed by atoms with Gasteiger partial charge in [0.2, 0.25) is 5.91 Å². The Kier molecular flexibility index (Phi) is 5.09. The van der Waals surface area contributed by atoms with E-state index in [1.165, 1.54) is 12.1 Å². The van der Waals surface area contributed by atoms with Crippen LogP contribution in [0.5, 0.6) is 0 Å². The quantitative estimate of drug-likeness (QED) is 0.769. The van der Waals surface area contributed by atoms with Crippen molar-refractivity contribution in [3.05, 3.63) is 35.6 Å². The van der Waals surface area contributed by atoms with Crippen molar-refractivity contribution in [3.8, 4) is 0 Å². The van der Waals surface area contributed by atoms with Crippen LogP contribution in [0.25, 0.3) is 0 Å². The van der Waals surface area contributed by atoms with Gasteiger partial charge in [-0.25, -0.2) is 4.39 Å². The maximum Gasteiger partial charge on any atom is 0.223 e. The van der Waals surface area contributed by atoms with Crippen molar-refractivity contribution >= 4 is 5.91 Å². The number of hydrogen-bond acceptors (Lipinski definition) is 3. The van der Waals surface area contributed by atoms with E-state index in [1.54, 1.807) is 12.1 Å². The van der Waals surface area contributed by atoms with Crippen LogP contribution in [-0.2, 0) is 11.2 Å². The molecule has 3 atom stereocenters. The maximum absolute atomic E-state index is 12.7. The van der Waals surface area contributed by atoms with Gasteiger partial charge in [0.1, 0.15) is 5.82 Å². The SMILES string of the molecule is N[C@H]1CC[C@H](C(=O)NCCc2ccc(F)cc2)C[C@@H]1O. The molecule has 1 fully saturated rings. The van der Waals surface area contributed by atoms with Crippen LogP contribution >= 0.6 is 0 Å². The molecule has 2 rings (SSSR count). The zero-order valence-corrected chi connectivity index (χ0v) is 11.4. The van der Waals surface area contributed by atoms with E-state index in [0.717, 1.165) is 12.0 Å². The van der Waals surface area contributed by atoms with Gasteiger partial charge in [-0.15, -0.1) is 0 Å². The van der Waals surface area contributed by atoms with Crippen LogP contribution in [0.3, 0.4) is 0 Å². The van der Waals surface area contributed by atoms with E-state index in [9.17, 15) is 14.3 Å². The number of carbonyl (C=O) groups excluding carboxylic acids is 1. The Labute approximate surface area is 118 Å². The molecule has 5 heteroatoms. The predicted octanol–water partition coefficient (Wildman–Crippen LogP) is 0.973. The Morgan fingerprint density at radius 3 is 2.70 bits per heavy atom. The third-order valence-electron chi connectivity index (χ3n) is 3.87. The second-order valence-electron chi connectivity index (χ2n) is 5.41. The molecule has 0 saturated heterocycles. The summed E-state index contributed by atoms with van der Waals surface area (Å²) in [5, 5.41) is 12.6. The topological polar surface area (TPSA) is 75.4 Å². The van der Waals surface area contributed by atoms with Crippen LogP contribution in [0, 0.1) is 11.7 Å². The molecular weight excluding hydrogens is 259 g/mol. The molecule has 4 N–H and O–H groups in total. The third kappa shape index (κ3) is 4.02. The normalized spacial score (nSPS) is 26.2. The average molecular weight is 280 g/mol. The molecule has 0 radical (unpaired) electrons. The second-order valence-corrected chi connectivity index (χ2v) is 5.41. The predicted molar refractivity (Wildman–Crippen MR) is 74.4 cm³/mol. The fraction of sp³-hybridized carbons (Fsp3) is 0.533. The Hall–Kier alpha value is -1.46. The van der Waals surface area contributed by atoms with E-state index in [1.807, 2.05) is 0 Å². The molecule has 0 aliphatic heterocycles. The molecule has 0 bridgehead atoms. The number of halogens is 1. The summed E-state index contributed by atoms with van der Waals surface area (Å²) in [4.78, 5) is 12.0. The number of aliphatic hydroxyl groups is 1. The summed E-state index contributed by atoms with van der Waals surface area (Å²) in [7, 11) is 0. The molecule has 0 heterocycles. The second kappa shape index (κ2) is 6.81. The van der Waals surface area contributed by atoms with Crippen molar-refractivity contribution in [1.82, 2.24) is 5.32 Å². The van der Waals surface area contributed by atoms with Crippen LogP contribution < -0.4 is 11.1 Å². The first-order valence-electron chi connectivity index (χ1n) is 7.02. The van der Waals surface area contributed by atoms with Gasteiger partial charge in [-0.2, -0.15) is 0 Å². The zero-order chi connectivity index (χ0) is 14.5.